The van der Waals surface area contributed by atoms with Crippen LogP contribution >= 0.6 is 11.3 Å². The maximum absolute atomic E-state index is 12.0. The fourth-order valence-electron chi connectivity index (χ4n) is 1.97. The van der Waals surface area contributed by atoms with Crippen molar-refractivity contribution in [3.8, 4) is 0 Å². The molecule has 0 fully saturated rings. The minimum absolute atomic E-state index is 0.245. The van der Waals surface area contributed by atoms with Crippen LogP contribution in [0, 0.1) is 0 Å². The van der Waals surface area contributed by atoms with Crippen molar-refractivity contribution in [3.63, 3.8) is 0 Å². The number of nitrogens with zero attached hydrogens (tertiary/aromatic N) is 3. The molecule has 0 aromatic carbocycles. The van der Waals surface area contributed by atoms with E-state index in [4.69, 9.17) is 0 Å². The summed E-state index contributed by atoms with van der Waals surface area (Å²) in [5, 5.41) is 19.2. The minimum atomic E-state index is -0.245. The summed E-state index contributed by atoms with van der Waals surface area (Å²) >= 11 is 1.43. The molecule has 114 valence electrons. The van der Waals surface area contributed by atoms with Gasteiger partial charge in [0.1, 0.15) is 5.01 Å². The molecule has 2 aromatic heterocycles. The fourth-order valence-corrected chi connectivity index (χ4v) is 2.74. The van der Waals surface area contributed by atoms with Gasteiger partial charge in [0, 0.05) is 12.1 Å². The number of aryl methyl sites for hydroxylation is 2. The first-order valence-corrected chi connectivity index (χ1v) is 8.22. The zero-order valence-electron chi connectivity index (χ0n) is 12.5. The summed E-state index contributed by atoms with van der Waals surface area (Å²) in [5.74, 6) is -0.245. The summed E-state index contributed by atoms with van der Waals surface area (Å²) in [4.78, 5) is 12.0. The highest BCUT2D eigenvalue weighted by molar-refractivity contribution is 7.15. The first-order chi connectivity index (χ1) is 10.2. The standard InChI is InChI=1S/C14H21N5OS/c1-3-5-6-8-12-18-19-14(21-12)15-13(20)11-9-10(7-4-2)16-17-11/h9H,3-8H2,1-2H3,(H,16,17)(H,15,19,20). The Morgan fingerprint density at radius 1 is 1.24 bits per heavy atom. The number of hydrogen-bond acceptors (Lipinski definition) is 5. The summed E-state index contributed by atoms with van der Waals surface area (Å²) in [6, 6.07) is 1.78. The molecule has 0 saturated carbocycles. The van der Waals surface area contributed by atoms with Crippen LogP contribution in [-0.4, -0.2) is 26.3 Å². The molecule has 2 aromatic rings. The second-order valence-electron chi connectivity index (χ2n) is 4.94. The summed E-state index contributed by atoms with van der Waals surface area (Å²) in [5.41, 5.74) is 1.36. The highest BCUT2D eigenvalue weighted by atomic mass is 32.1. The van der Waals surface area contributed by atoms with E-state index in [1.54, 1.807) is 6.07 Å². The van der Waals surface area contributed by atoms with Gasteiger partial charge < -0.3 is 0 Å². The zero-order valence-corrected chi connectivity index (χ0v) is 13.3. The molecule has 2 rings (SSSR count). The summed E-state index contributed by atoms with van der Waals surface area (Å²) < 4.78 is 0. The Morgan fingerprint density at radius 3 is 2.86 bits per heavy atom. The van der Waals surface area contributed by atoms with Crippen molar-refractivity contribution in [2.75, 3.05) is 5.32 Å². The van der Waals surface area contributed by atoms with Gasteiger partial charge in [0.15, 0.2) is 5.69 Å². The molecule has 2 heterocycles. The number of carbonyl (C=O) groups excluding carboxylic acids is 1. The molecule has 0 bridgehead atoms. The number of anilines is 1. The van der Waals surface area contributed by atoms with Crippen LogP contribution in [0.15, 0.2) is 6.07 Å². The van der Waals surface area contributed by atoms with Gasteiger partial charge in [-0.15, -0.1) is 10.2 Å². The number of H-pyrrole nitrogens is 1. The predicted molar refractivity (Wildman–Crippen MR) is 83.7 cm³/mol. The van der Waals surface area contributed by atoms with E-state index < -0.39 is 0 Å². The molecule has 0 unspecified atom stereocenters. The Morgan fingerprint density at radius 2 is 2.10 bits per heavy atom. The van der Waals surface area contributed by atoms with Crippen LogP contribution in [0.4, 0.5) is 5.13 Å². The average molecular weight is 307 g/mol. The van der Waals surface area contributed by atoms with Crippen LogP contribution in [-0.2, 0) is 12.8 Å². The molecule has 0 radical (unpaired) electrons. The number of hydrogen-bond donors (Lipinski definition) is 2. The largest absolute Gasteiger partial charge is 0.295 e. The van der Waals surface area contributed by atoms with Gasteiger partial charge in [-0.1, -0.05) is 44.4 Å². The van der Waals surface area contributed by atoms with Crippen molar-refractivity contribution < 1.29 is 4.79 Å². The predicted octanol–water partition coefficient (Wildman–Crippen LogP) is 3.20. The normalized spacial score (nSPS) is 10.8. The molecule has 0 aliphatic heterocycles. The van der Waals surface area contributed by atoms with Crippen molar-refractivity contribution in [2.24, 2.45) is 0 Å². The third-order valence-corrected chi connectivity index (χ3v) is 3.96. The smallest absolute Gasteiger partial charge is 0.277 e. The van der Waals surface area contributed by atoms with E-state index in [9.17, 15) is 4.79 Å². The highest BCUT2D eigenvalue weighted by Gasteiger charge is 2.13. The molecular weight excluding hydrogens is 286 g/mol. The molecule has 0 aliphatic rings. The lowest BCUT2D eigenvalue weighted by Gasteiger charge is -1.96. The van der Waals surface area contributed by atoms with E-state index in [1.165, 1.54) is 24.2 Å². The third-order valence-electron chi connectivity index (χ3n) is 3.06. The van der Waals surface area contributed by atoms with E-state index in [0.29, 0.717) is 10.8 Å². The van der Waals surface area contributed by atoms with E-state index in [-0.39, 0.29) is 5.91 Å². The van der Waals surface area contributed by atoms with Crippen LogP contribution in [0.5, 0.6) is 0 Å². The average Bonchev–Trinajstić information content (AvgIpc) is 3.09. The van der Waals surface area contributed by atoms with Crippen molar-refractivity contribution in [1.29, 1.82) is 0 Å². The van der Waals surface area contributed by atoms with Gasteiger partial charge in [0.25, 0.3) is 5.91 Å². The Labute approximate surface area is 128 Å². The molecule has 0 aliphatic carbocycles. The Kier molecular flexibility index (Phi) is 5.86. The second kappa shape index (κ2) is 7.87. The topological polar surface area (TPSA) is 83.6 Å². The summed E-state index contributed by atoms with van der Waals surface area (Å²) in [6.07, 6.45) is 6.31. The first kappa shape index (κ1) is 15.6. The number of nitrogens with one attached hydrogen (secondary N) is 2. The van der Waals surface area contributed by atoms with E-state index in [0.717, 1.165) is 36.4 Å². The van der Waals surface area contributed by atoms with Crippen LogP contribution in [0.25, 0.3) is 0 Å². The van der Waals surface area contributed by atoms with Crippen molar-refractivity contribution >= 4 is 22.4 Å². The van der Waals surface area contributed by atoms with Gasteiger partial charge in [-0.05, 0) is 18.9 Å². The Hall–Kier alpha value is -1.76. The number of carbonyl (C=O) groups is 1. The summed E-state index contributed by atoms with van der Waals surface area (Å²) in [6.45, 7) is 4.25. The number of unbranched alkanes of at least 4 members (excludes halogenated alkanes) is 2. The van der Waals surface area contributed by atoms with Gasteiger partial charge in [0.05, 0.1) is 0 Å². The molecule has 7 heteroatoms. The monoisotopic (exact) mass is 307 g/mol. The molecule has 0 atom stereocenters. The quantitative estimate of drug-likeness (QED) is 0.734. The van der Waals surface area contributed by atoms with Crippen LogP contribution in [0.1, 0.15) is 60.7 Å². The lowest BCUT2D eigenvalue weighted by atomic mass is 10.2. The Bertz CT molecular complexity index is 577. The van der Waals surface area contributed by atoms with Crippen LogP contribution in [0.3, 0.4) is 0 Å². The van der Waals surface area contributed by atoms with E-state index >= 15 is 0 Å². The maximum atomic E-state index is 12.0. The highest BCUT2D eigenvalue weighted by Crippen LogP contribution is 2.18. The van der Waals surface area contributed by atoms with Gasteiger partial charge >= 0.3 is 0 Å². The lowest BCUT2D eigenvalue weighted by molar-refractivity contribution is 0.102. The van der Waals surface area contributed by atoms with E-state index in [1.807, 2.05) is 0 Å². The first-order valence-electron chi connectivity index (χ1n) is 7.41. The van der Waals surface area contributed by atoms with Crippen molar-refractivity contribution in [1.82, 2.24) is 20.4 Å². The number of rotatable bonds is 8. The molecule has 6 nitrogen and oxygen atoms in total. The SMILES string of the molecule is CCCCCc1nnc(NC(=O)c2cc(CCC)[nH]n2)s1. The van der Waals surface area contributed by atoms with Crippen LogP contribution < -0.4 is 5.32 Å². The molecule has 21 heavy (non-hydrogen) atoms. The zero-order chi connectivity index (χ0) is 15.1. The molecular formula is C14H21N5OS. The van der Waals surface area contributed by atoms with Crippen LogP contribution in [0.2, 0.25) is 0 Å². The Balaban J connectivity index is 1.89. The van der Waals surface area contributed by atoms with Gasteiger partial charge in [0.2, 0.25) is 5.13 Å². The molecule has 2 N–H and O–H groups in total. The number of aromatic amines is 1. The minimum Gasteiger partial charge on any atom is -0.295 e. The van der Waals surface area contributed by atoms with Gasteiger partial charge in [-0.2, -0.15) is 5.10 Å². The maximum Gasteiger partial charge on any atom is 0.277 e. The van der Waals surface area contributed by atoms with E-state index in [2.05, 4.69) is 39.6 Å². The van der Waals surface area contributed by atoms with Gasteiger partial charge in [-0.3, -0.25) is 15.2 Å². The van der Waals surface area contributed by atoms with Gasteiger partial charge in [-0.25, -0.2) is 0 Å². The third kappa shape index (κ3) is 4.63. The van der Waals surface area contributed by atoms with Crippen molar-refractivity contribution in [2.45, 2.75) is 52.4 Å². The molecule has 0 saturated heterocycles. The van der Waals surface area contributed by atoms with Crippen molar-refractivity contribution in [3.05, 3.63) is 22.5 Å². The fraction of sp³-hybridized carbons (Fsp3) is 0.571. The number of aromatic nitrogens is 4. The molecule has 0 spiro atoms. The molecule has 1 amide bonds. The number of amides is 1. The lowest BCUT2D eigenvalue weighted by Crippen LogP contribution is -2.12. The summed E-state index contributed by atoms with van der Waals surface area (Å²) in [7, 11) is 0. The second-order valence-corrected chi connectivity index (χ2v) is 6.00.